The third kappa shape index (κ3) is 4.45. The van der Waals surface area contributed by atoms with Gasteiger partial charge in [-0.25, -0.2) is 15.0 Å². The normalized spacial score (nSPS) is 10.6. The number of hydrogen-bond acceptors (Lipinski definition) is 6. The van der Waals surface area contributed by atoms with E-state index in [1.807, 2.05) is 53.2 Å². The van der Waals surface area contributed by atoms with Gasteiger partial charge in [-0.15, -0.1) is 0 Å². The number of hydrogen-bond donors (Lipinski definition) is 3. The predicted molar refractivity (Wildman–Crippen MR) is 109 cm³/mol. The first-order chi connectivity index (χ1) is 13.8. The zero-order chi connectivity index (χ0) is 19.2. The lowest BCUT2D eigenvalue weighted by Crippen LogP contribution is -2.07. The summed E-state index contributed by atoms with van der Waals surface area (Å²) < 4.78 is 1.95. The Hall–Kier alpha value is -3.87. The first-order valence-corrected chi connectivity index (χ1v) is 8.95. The first-order valence-electron chi connectivity index (χ1n) is 8.95. The monoisotopic (exact) mass is 372 g/mol. The van der Waals surface area contributed by atoms with Gasteiger partial charge >= 0.3 is 0 Å². The third-order valence-corrected chi connectivity index (χ3v) is 4.27. The molecule has 2 heterocycles. The molecule has 0 spiro atoms. The lowest BCUT2D eigenvalue weighted by molar-refractivity contribution is 0.475. The van der Waals surface area contributed by atoms with Gasteiger partial charge in [0.05, 0.1) is 6.33 Å². The highest BCUT2D eigenvalue weighted by Crippen LogP contribution is 2.18. The number of benzene rings is 2. The van der Waals surface area contributed by atoms with Gasteiger partial charge < -0.3 is 20.3 Å². The Morgan fingerprint density at radius 1 is 0.929 bits per heavy atom. The van der Waals surface area contributed by atoms with Crippen molar-refractivity contribution >= 4 is 17.3 Å². The van der Waals surface area contributed by atoms with Crippen molar-refractivity contribution in [2.45, 2.75) is 6.42 Å². The smallest absolute Gasteiger partial charge is 0.135 e. The standard InChI is InChI=1S/C21H20N6O/c28-19-7-1-16(2-8-19)9-10-23-20-13-21(25-14-24-20)26-17-3-5-18(6-4-17)27-12-11-22-15-27/h1-8,11-15,28H,9-10H2,(H2,23,24,25,26). The zero-order valence-corrected chi connectivity index (χ0v) is 15.2. The molecule has 0 bridgehead atoms. The van der Waals surface area contributed by atoms with Crippen molar-refractivity contribution in [3.8, 4) is 11.4 Å². The number of nitrogens with zero attached hydrogens (tertiary/aromatic N) is 4. The van der Waals surface area contributed by atoms with Crippen molar-refractivity contribution in [1.82, 2.24) is 19.5 Å². The highest BCUT2D eigenvalue weighted by atomic mass is 16.3. The van der Waals surface area contributed by atoms with E-state index in [1.165, 1.54) is 6.33 Å². The second-order valence-corrected chi connectivity index (χ2v) is 6.27. The quantitative estimate of drug-likeness (QED) is 0.458. The van der Waals surface area contributed by atoms with Gasteiger partial charge in [0.1, 0.15) is 23.7 Å². The summed E-state index contributed by atoms with van der Waals surface area (Å²) in [5.74, 6) is 1.75. The molecule has 2 aromatic heterocycles. The minimum Gasteiger partial charge on any atom is -0.508 e. The first kappa shape index (κ1) is 17.5. The van der Waals surface area contributed by atoms with Gasteiger partial charge in [0.15, 0.2) is 0 Å². The highest BCUT2D eigenvalue weighted by molar-refractivity contribution is 5.60. The number of aromatic nitrogens is 4. The van der Waals surface area contributed by atoms with Crippen molar-refractivity contribution in [1.29, 1.82) is 0 Å². The van der Waals surface area contributed by atoms with Gasteiger partial charge in [-0.2, -0.15) is 0 Å². The summed E-state index contributed by atoms with van der Waals surface area (Å²) in [6.07, 6.45) is 7.79. The van der Waals surface area contributed by atoms with E-state index in [9.17, 15) is 5.11 Å². The molecule has 0 amide bonds. The van der Waals surface area contributed by atoms with Gasteiger partial charge in [-0.3, -0.25) is 0 Å². The summed E-state index contributed by atoms with van der Waals surface area (Å²) in [4.78, 5) is 12.6. The molecule has 140 valence electrons. The maximum atomic E-state index is 9.33. The SMILES string of the molecule is Oc1ccc(CCNc2cc(Nc3ccc(-n4ccnc4)cc3)ncn2)cc1. The fraction of sp³-hybridized carbons (Fsp3) is 0.0952. The fourth-order valence-corrected chi connectivity index (χ4v) is 2.80. The summed E-state index contributed by atoms with van der Waals surface area (Å²) in [5, 5.41) is 15.9. The molecule has 4 aromatic rings. The summed E-state index contributed by atoms with van der Waals surface area (Å²) in [6.45, 7) is 0.737. The molecule has 2 aromatic carbocycles. The molecule has 0 aliphatic carbocycles. The van der Waals surface area contributed by atoms with Crippen LogP contribution in [0.15, 0.2) is 79.6 Å². The highest BCUT2D eigenvalue weighted by Gasteiger charge is 2.01. The topological polar surface area (TPSA) is 87.9 Å². The Bertz CT molecular complexity index is 1010. The average Bonchev–Trinajstić information content (AvgIpc) is 3.25. The van der Waals surface area contributed by atoms with Crippen LogP contribution in [0.25, 0.3) is 5.69 Å². The van der Waals surface area contributed by atoms with Crippen molar-refractivity contribution in [2.75, 3.05) is 17.2 Å². The summed E-state index contributed by atoms with van der Waals surface area (Å²) in [5.41, 5.74) is 3.13. The van der Waals surface area contributed by atoms with Gasteiger partial charge in [0, 0.05) is 36.4 Å². The maximum absolute atomic E-state index is 9.33. The Balaban J connectivity index is 1.35. The minimum absolute atomic E-state index is 0.279. The van der Waals surface area contributed by atoms with E-state index in [0.29, 0.717) is 0 Å². The molecule has 0 atom stereocenters. The molecule has 0 unspecified atom stereocenters. The Kier molecular flexibility index (Phi) is 5.15. The van der Waals surface area contributed by atoms with Crippen LogP contribution in [0.5, 0.6) is 5.75 Å². The van der Waals surface area contributed by atoms with Gasteiger partial charge in [0.2, 0.25) is 0 Å². The summed E-state index contributed by atoms with van der Waals surface area (Å²) in [7, 11) is 0. The maximum Gasteiger partial charge on any atom is 0.135 e. The molecule has 4 rings (SSSR count). The van der Waals surface area contributed by atoms with E-state index in [1.54, 1.807) is 24.7 Å². The molecule has 0 fully saturated rings. The molecule has 0 saturated heterocycles. The molecule has 0 aliphatic rings. The number of anilines is 3. The number of imidazole rings is 1. The zero-order valence-electron chi connectivity index (χ0n) is 15.2. The van der Waals surface area contributed by atoms with Crippen LogP contribution in [0.4, 0.5) is 17.3 Å². The molecule has 0 saturated carbocycles. The fourth-order valence-electron chi connectivity index (χ4n) is 2.80. The lowest BCUT2D eigenvalue weighted by atomic mass is 10.1. The van der Waals surface area contributed by atoms with Crippen LogP contribution in [0.1, 0.15) is 5.56 Å². The Morgan fingerprint density at radius 2 is 1.71 bits per heavy atom. The average molecular weight is 372 g/mol. The minimum atomic E-state index is 0.279. The number of aromatic hydroxyl groups is 1. The molecular formula is C21H20N6O. The summed E-state index contributed by atoms with van der Waals surface area (Å²) in [6, 6.07) is 17.1. The van der Waals surface area contributed by atoms with Crippen molar-refractivity contribution in [3.05, 3.63) is 85.2 Å². The van der Waals surface area contributed by atoms with E-state index in [-0.39, 0.29) is 5.75 Å². The van der Waals surface area contributed by atoms with Gasteiger partial charge in [-0.1, -0.05) is 12.1 Å². The Labute approximate surface area is 162 Å². The molecular weight excluding hydrogens is 352 g/mol. The predicted octanol–water partition coefficient (Wildman–Crippen LogP) is 3.77. The van der Waals surface area contributed by atoms with Crippen LogP contribution in [-0.4, -0.2) is 31.2 Å². The van der Waals surface area contributed by atoms with Gasteiger partial charge in [0.25, 0.3) is 0 Å². The van der Waals surface area contributed by atoms with E-state index < -0.39 is 0 Å². The number of nitrogens with one attached hydrogen (secondary N) is 2. The van der Waals surface area contributed by atoms with E-state index >= 15 is 0 Å². The molecule has 0 radical (unpaired) electrons. The second kappa shape index (κ2) is 8.22. The van der Waals surface area contributed by atoms with Crippen LogP contribution in [0.3, 0.4) is 0 Å². The Morgan fingerprint density at radius 3 is 2.46 bits per heavy atom. The van der Waals surface area contributed by atoms with Crippen LogP contribution in [0, 0.1) is 0 Å². The van der Waals surface area contributed by atoms with E-state index in [4.69, 9.17) is 0 Å². The second-order valence-electron chi connectivity index (χ2n) is 6.27. The molecule has 7 nitrogen and oxygen atoms in total. The molecule has 0 aliphatic heterocycles. The van der Waals surface area contributed by atoms with Crippen LogP contribution in [-0.2, 0) is 6.42 Å². The van der Waals surface area contributed by atoms with E-state index in [2.05, 4.69) is 25.6 Å². The molecule has 28 heavy (non-hydrogen) atoms. The third-order valence-electron chi connectivity index (χ3n) is 4.27. The number of rotatable bonds is 7. The van der Waals surface area contributed by atoms with Crippen LogP contribution < -0.4 is 10.6 Å². The summed E-state index contributed by atoms with van der Waals surface area (Å²) >= 11 is 0. The van der Waals surface area contributed by atoms with Crippen molar-refractivity contribution in [2.24, 2.45) is 0 Å². The number of phenolic OH excluding ortho intramolecular Hbond substituents is 1. The van der Waals surface area contributed by atoms with E-state index in [0.717, 1.165) is 41.5 Å². The van der Waals surface area contributed by atoms with Crippen LogP contribution in [0.2, 0.25) is 0 Å². The lowest BCUT2D eigenvalue weighted by Gasteiger charge is -2.10. The van der Waals surface area contributed by atoms with Gasteiger partial charge in [-0.05, 0) is 48.4 Å². The number of phenols is 1. The largest absolute Gasteiger partial charge is 0.508 e. The van der Waals surface area contributed by atoms with Crippen LogP contribution >= 0.6 is 0 Å². The molecule has 3 N–H and O–H groups in total. The molecule has 7 heteroatoms. The van der Waals surface area contributed by atoms with Crippen molar-refractivity contribution < 1.29 is 5.11 Å². The van der Waals surface area contributed by atoms with Crippen molar-refractivity contribution in [3.63, 3.8) is 0 Å².